The molecule has 3 nitrogen and oxygen atoms in total. The summed E-state index contributed by atoms with van der Waals surface area (Å²) in [6.45, 7) is 0. The number of thiophene rings is 1. The average molecular weight is 335 g/mol. The van der Waals surface area contributed by atoms with E-state index in [2.05, 4.69) is 0 Å². The summed E-state index contributed by atoms with van der Waals surface area (Å²) in [7, 11) is 0. The highest BCUT2D eigenvalue weighted by molar-refractivity contribution is 7.17. The molecule has 0 radical (unpaired) electrons. The van der Waals surface area contributed by atoms with Gasteiger partial charge in [0.1, 0.15) is 4.88 Å². The molecule has 114 valence electrons. The van der Waals surface area contributed by atoms with Gasteiger partial charge in [-0.05, 0) is 49.1 Å². The molecule has 3 rings (SSSR count). The predicted molar refractivity (Wildman–Crippen MR) is 87.4 cm³/mol. The second-order valence-corrected chi connectivity index (χ2v) is 6.80. The Kier molecular flexibility index (Phi) is 4.60. The SMILES string of the molecule is O=C(O[C@@H]1CCCCC1=O)c1ccc(-c2ccc(Cl)cc2)s1. The molecule has 0 bridgehead atoms. The molecule has 1 atom stereocenters. The fourth-order valence-electron chi connectivity index (χ4n) is 2.48. The van der Waals surface area contributed by atoms with Crippen molar-refractivity contribution in [1.82, 2.24) is 0 Å². The highest BCUT2D eigenvalue weighted by Crippen LogP contribution is 2.30. The van der Waals surface area contributed by atoms with Crippen LogP contribution in [0.5, 0.6) is 0 Å². The van der Waals surface area contributed by atoms with E-state index >= 15 is 0 Å². The first kappa shape index (κ1) is 15.3. The third kappa shape index (κ3) is 3.39. The van der Waals surface area contributed by atoms with Crippen LogP contribution in [0.25, 0.3) is 10.4 Å². The number of halogens is 1. The average Bonchev–Trinajstić information content (AvgIpc) is 3.00. The minimum Gasteiger partial charge on any atom is -0.450 e. The molecule has 0 saturated heterocycles. The van der Waals surface area contributed by atoms with Gasteiger partial charge in [0, 0.05) is 16.3 Å². The van der Waals surface area contributed by atoms with Crippen molar-refractivity contribution in [2.45, 2.75) is 31.8 Å². The van der Waals surface area contributed by atoms with Gasteiger partial charge < -0.3 is 4.74 Å². The Balaban J connectivity index is 1.71. The van der Waals surface area contributed by atoms with E-state index in [4.69, 9.17) is 16.3 Å². The van der Waals surface area contributed by atoms with E-state index in [1.54, 1.807) is 6.07 Å². The highest BCUT2D eigenvalue weighted by Gasteiger charge is 2.26. The van der Waals surface area contributed by atoms with Gasteiger partial charge in [-0.1, -0.05) is 23.7 Å². The number of ether oxygens (including phenoxy) is 1. The zero-order valence-corrected chi connectivity index (χ0v) is 13.5. The lowest BCUT2D eigenvalue weighted by Crippen LogP contribution is -2.29. The third-order valence-corrected chi connectivity index (χ3v) is 5.05. The molecule has 1 aromatic heterocycles. The molecule has 0 aliphatic heterocycles. The molecule has 1 saturated carbocycles. The number of esters is 1. The molecule has 1 aromatic carbocycles. The normalized spacial score (nSPS) is 18.2. The summed E-state index contributed by atoms with van der Waals surface area (Å²) in [4.78, 5) is 25.4. The summed E-state index contributed by atoms with van der Waals surface area (Å²) in [5, 5.41) is 0.677. The molecular formula is C17H15ClO3S. The van der Waals surface area contributed by atoms with Crippen molar-refractivity contribution in [2.24, 2.45) is 0 Å². The van der Waals surface area contributed by atoms with E-state index < -0.39 is 12.1 Å². The van der Waals surface area contributed by atoms with Gasteiger partial charge in [-0.3, -0.25) is 4.79 Å². The Bertz CT molecular complexity index is 690. The van der Waals surface area contributed by atoms with Crippen molar-refractivity contribution >= 4 is 34.7 Å². The van der Waals surface area contributed by atoms with Gasteiger partial charge >= 0.3 is 5.97 Å². The summed E-state index contributed by atoms with van der Waals surface area (Å²) in [6, 6.07) is 11.1. The number of carbonyl (C=O) groups excluding carboxylic acids is 2. The number of rotatable bonds is 3. The third-order valence-electron chi connectivity index (χ3n) is 3.68. The molecule has 1 aliphatic rings. The van der Waals surface area contributed by atoms with Gasteiger partial charge in [0.25, 0.3) is 0 Å². The first-order valence-corrected chi connectivity index (χ1v) is 8.42. The lowest BCUT2D eigenvalue weighted by atomic mass is 9.96. The Hall–Kier alpha value is -1.65. The molecule has 0 unspecified atom stereocenters. The number of hydrogen-bond donors (Lipinski definition) is 0. The fourth-order valence-corrected chi connectivity index (χ4v) is 3.50. The second-order valence-electron chi connectivity index (χ2n) is 5.28. The standard InChI is InChI=1S/C17H15ClO3S/c18-12-7-5-11(6-8-12)15-9-10-16(22-15)17(20)21-14-4-2-1-3-13(14)19/h5-10,14H,1-4H2/t14-/m1/s1. The molecule has 0 amide bonds. The number of hydrogen-bond acceptors (Lipinski definition) is 4. The maximum absolute atomic E-state index is 12.2. The van der Waals surface area contributed by atoms with Gasteiger partial charge in [0.15, 0.2) is 11.9 Å². The summed E-state index contributed by atoms with van der Waals surface area (Å²) < 4.78 is 5.36. The predicted octanol–water partition coefficient (Wildman–Crippen LogP) is 4.74. The number of Topliss-reactive ketones (excluding diaryl/α,β-unsaturated/α-hetero) is 1. The van der Waals surface area contributed by atoms with Crippen LogP contribution >= 0.6 is 22.9 Å². The van der Waals surface area contributed by atoms with Crippen molar-refractivity contribution in [3.05, 3.63) is 46.3 Å². The van der Waals surface area contributed by atoms with E-state index in [0.717, 1.165) is 23.3 Å². The molecule has 0 spiro atoms. The van der Waals surface area contributed by atoms with Crippen LogP contribution in [-0.4, -0.2) is 17.9 Å². The molecule has 22 heavy (non-hydrogen) atoms. The Morgan fingerprint density at radius 3 is 2.64 bits per heavy atom. The molecule has 1 heterocycles. The molecular weight excluding hydrogens is 320 g/mol. The van der Waals surface area contributed by atoms with Gasteiger partial charge in [-0.25, -0.2) is 4.79 Å². The molecule has 1 fully saturated rings. The topological polar surface area (TPSA) is 43.4 Å². The number of benzene rings is 1. The summed E-state index contributed by atoms with van der Waals surface area (Å²) in [5.41, 5.74) is 1.00. The smallest absolute Gasteiger partial charge is 0.349 e. The van der Waals surface area contributed by atoms with Gasteiger partial charge in [0.2, 0.25) is 0 Å². The van der Waals surface area contributed by atoms with Crippen LogP contribution in [0, 0.1) is 0 Å². The zero-order chi connectivity index (χ0) is 15.5. The Labute approximate surface area is 137 Å². The first-order chi connectivity index (χ1) is 10.6. The Morgan fingerprint density at radius 2 is 1.91 bits per heavy atom. The number of carbonyl (C=O) groups is 2. The van der Waals surface area contributed by atoms with Crippen LogP contribution in [0.3, 0.4) is 0 Å². The highest BCUT2D eigenvalue weighted by atomic mass is 35.5. The lowest BCUT2D eigenvalue weighted by Gasteiger charge is -2.20. The zero-order valence-electron chi connectivity index (χ0n) is 11.9. The van der Waals surface area contributed by atoms with Crippen LogP contribution in [0.15, 0.2) is 36.4 Å². The van der Waals surface area contributed by atoms with E-state index in [1.165, 1.54) is 11.3 Å². The van der Waals surface area contributed by atoms with Gasteiger partial charge in [-0.2, -0.15) is 0 Å². The monoisotopic (exact) mass is 334 g/mol. The first-order valence-electron chi connectivity index (χ1n) is 7.23. The van der Waals surface area contributed by atoms with Crippen LogP contribution in [0.1, 0.15) is 35.4 Å². The van der Waals surface area contributed by atoms with E-state index in [1.807, 2.05) is 30.3 Å². The van der Waals surface area contributed by atoms with Crippen LogP contribution in [0.2, 0.25) is 5.02 Å². The van der Waals surface area contributed by atoms with Crippen molar-refractivity contribution < 1.29 is 14.3 Å². The van der Waals surface area contributed by atoms with E-state index in [-0.39, 0.29) is 5.78 Å². The second kappa shape index (κ2) is 6.63. The summed E-state index contributed by atoms with van der Waals surface area (Å²) in [5.74, 6) is -0.375. The maximum Gasteiger partial charge on any atom is 0.349 e. The largest absolute Gasteiger partial charge is 0.450 e. The molecule has 1 aliphatic carbocycles. The molecule has 0 N–H and O–H groups in total. The molecule has 2 aromatic rings. The van der Waals surface area contributed by atoms with Crippen LogP contribution < -0.4 is 0 Å². The minimum absolute atomic E-state index is 0.0362. The summed E-state index contributed by atoms with van der Waals surface area (Å²) in [6.07, 6.45) is 2.41. The van der Waals surface area contributed by atoms with E-state index in [9.17, 15) is 9.59 Å². The Morgan fingerprint density at radius 1 is 1.14 bits per heavy atom. The maximum atomic E-state index is 12.2. The van der Waals surface area contributed by atoms with Crippen molar-refractivity contribution in [1.29, 1.82) is 0 Å². The fraction of sp³-hybridized carbons (Fsp3) is 0.294. The van der Waals surface area contributed by atoms with Gasteiger partial charge in [0.05, 0.1) is 0 Å². The van der Waals surface area contributed by atoms with Crippen LogP contribution in [-0.2, 0) is 9.53 Å². The minimum atomic E-state index is -0.567. The van der Waals surface area contributed by atoms with E-state index in [0.29, 0.717) is 22.7 Å². The van der Waals surface area contributed by atoms with Gasteiger partial charge in [-0.15, -0.1) is 11.3 Å². The summed E-state index contributed by atoms with van der Waals surface area (Å²) >= 11 is 7.24. The van der Waals surface area contributed by atoms with Crippen LogP contribution in [0.4, 0.5) is 0 Å². The quantitative estimate of drug-likeness (QED) is 0.762. The lowest BCUT2D eigenvalue weighted by molar-refractivity contribution is -0.129. The molecule has 5 heteroatoms. The van der Waals surface area contributed by atoms with Crippen molar-refractivity contribution in [3.8, 4) is 10.4 Å². The van der Waals surface area contributed by atoms with Crippen molar-refractivity contribution in [3.63, 3.8) is 0 Å². The van der Waals surface area contributed by atoms with Crippen molar-refractivity contribution in [2.75, 3.05) is 0 Å². The number of ketones is 1.